The summed E-state index contributed by atoms with van der Waals surface area (Å²) in [6, 6.07) is 6.26. The second kappa shape index (κ2) is 9.44. The minimum Gasteiger partial charge on any atom is -0.492 e. The van der Waals surface area contributed by atoms with Crippen molar-refractivity contribution < 1.29 is 9.53 Å². The Morgan fingerprint density at radius 1 is 1.19 bits per heavy atom. The van der Waals surface area contributed by atoms with Gasteiger partial charge in [-0.15, -0.1) is 0 Å². The standard InChI is InChI=1S/C25H33ClN4O2/c1-2-30-22-9-8-20(29-13-14-32-23-10-7-19(26)15-18(23)17-29)16-21(22)24(27-30)25(31)28-11-5-3-4-6-12-28/h7,10,15,20H,2-6,8-9,11-14,16-17H2,1H3. The molecule has 1 aliphatic carbocycles. The Labute approximate surface area is 195 Å². The molecular weight excluding hydrogens is 424 g/mol. The number of rotatable bonds is 3. The van der Waals surface area contributed by atoms with Crippen molar-refractivity contribution in [1.82, 2.24) is 19.6 Å². The summed E-state index contributed by atoms with van der Waals surface area (Å²) in [5.41, 5.74) is 4.28. The molecule has 172 valence electrons. The molecule has 1 saturated heterocycles. The Morgan fingerprint density at radius 2 is 2.00 bits per heavy atom. The van der Waals surface area contributed by atoms with Gasteiger partial charge in [-0.05, 0) is 57.2 Å². The summed E-state index contributed by atoms with van der Waals surface area (Å²) in [6.45, 7) is 7.02. The first kappa shape index (κ1) is 21.8. The highest BCUT2D eigenvalue weighted by atomic mass is 35.5. The maximum absolute atomic E-state index is 13.5. The number of fused-ring (bicyclic) bond motifs is 2. The predicted octanol–water partition coefficient (Wildman–Crippen LogP) is 4.32. The van der Waals surface area contributed by atoms with Gasteiger partial charge in [0.05, 0.1) is 0 Å². The lowest BCUT2D eigenvalue weighted by molar-refractivity contribution is 0.0752. The summed E-state index contributed by atoms with van der Waals surface area (Å²) in [5.74, 6) is 1.07. The van der Waals surface area contributed by atoms with Crippen molar-refractivity contribution in [3.05, 3.63) is 45.7 Å². The van der Waals surface area contributed by atoms with Crippen LogP contribution in [0.4, 0.5) is 0 Å². The molecule has 3 heterocycles. The molecule has 7 heteroatoms. The lowest BCUT2D eigenvalue weighted by Gasteiger charge is -2.33. The summed E-state index contributed by atoms with van der Waals surface area (Å²) in [7, 11) is 0. The van der Waals surface area contributed by atoms with E-state index in [1.807, 2.05) is 23.1 Å². The number of benzene rings is 1. The first-order chi connectivity index (χ1) is 15.6. The largest absolute Gasteiger partial charge is 0.492 e. The van der Waals surface area contributed by atoms with E-state index >= 15 is 0 Å². The van der Waals surface area contributed by atoms with E-state index in [9.17, 15) is 4.79 Å². The van der Waals surface area contributed by atoms with E-state index in [4.69, 9.17) is 21.4 Å². The number of likely N-dealkylation sites (tertiary alicyclic amines) is 1. The van der Waals surface area contributed by atoms with Crippen molar-refractivity contribution in [1.29, 1.82) is 0 Å². The fraction of sp³-hybridized carbons (Fsp3) is 0.600. The van der Waals surface area contributed by atoms with E-state index in [0.29, 0.717) is 18.3 Å². The third-order valence-electron chi connectivity index (χ3n) is 7.26. The highest BCUT2D eigenvalue weighted by molar-refractivity contribution is 6.30. The molecule has 1 unspecified atom stereocenters. The number of aryl methyl sites for hydroxylation is 1. The second-order valence-corrected chi connectivity index (χ2v) is 9.70. The minimum atomic E-state index is 0.132. The van der Waals surface area contributed by atoms with Crippen LogP contribution >= 0.6 is 11.6 Å². The van der Waals surface area contributed by atoms with Crippen LogP contribution in [0.5, 0.6) is 5.75 Å². The minimum absolute atomic E-state index is 0.132. The molecule has 5 rings (SSSR count). The maximum atomic E-state index is 13.5. The van der Waals surface area contributed by atoms with Crippen molar-refractivity contribution >= 4 is 17.5 Å². The average molecular weight is 457 g/mol. The van der Waals surface area contributed by atoms with E-state index < -0.39 is 0 Å². The fourth-order valence-electron chi connectivity index (χ4n) is 5.53. The Hall–Kier alpha value is -2.05. The van der Waals surface area contributed by atoms with Gasteiger partial charge in [-0.1, -0.05) is 24.4 Å². The van der Waals surface area contributed by atoms with E-state index in [-0.39, 0.29) is 5.91 Å². The van der Waals surface area contributed by atoms with Crippen molar-refractivity contribution in [3.8, 4) is 5.75 Å². The van der Waals surface area contributed by atoms with Crippen molar-refractivity contribution in [2.45, 2.75) is 71.0 Å². The van der Waals surface area contributed by atoms with Gasteiger partial charge in [0.2, 0.25) is 0 Å². The third kappa shape index (κ3) is 4.27. The normalized spacial score (nSPS) is 21.8. The van der Waals surface area contributed by atoms with Crippen LogP contribution in [0, 0.1) is 0 Å². The number of ether oxygens (including phenoxy) is 1. The average Bonchev–Trinajstić information content (AvgIpc) is 2.98. The summed E-state index contributed by atoms with van der Waals surface area (Å²) < 4.78 is 8.06. The van der Waals surface area contributed by atoms with E-state index in [1.54, 1.807) is 0 Å². The van der Waals surface area contributed by atoms with Crippen LogP contribution in [0.1, 0.15) is 66.3 Å². The highest BCUT2D eigenvalue weighted by Crippen LogP contribution is 2.32. The van der Waals surface area contributed by atoms with Crippen LogP contribution in [-0.4, -0.2) is 57.8 Å². The van der Waals surface area contributed by atoms with E-state index in [2.05, 4.69) is 16.5 Å². The molecule has 3 aliphatic rings. The first-order valence-electron chi connectivity index (χ1n) is 12.2. The lowest BCUT2D eigenvalue weighted by Crippen LogP contribution is -2.41. The molecule has 2 aliphatic heterocycles. The number of carbonyl (C=O) groups excluding carboxylic acids is 1. The summed E-state index contributed by atoms with van der Waals surface area (Å²) in [4.78, 5) is 18.0. The first-order valence-corrected chi connectivity index (χ1v) is 12.5. The molecular formula is C25H33ClN4O2. The molecule has 1 amide bonds. The van der Waals surface area contributed by atoms with Gasteiger partial charge in [0.25, 0.3) is 5.91 Å². The molecule has 0 spiro atoms. The zero-order chi connectivity index (χ0) is 22.1. The van der Waals surface area contributed by atoms with Crippen LogP contribution in [0.15, 0.2) is 18.2 Å². The topological polar surface area (TPSA) is 50.6 Å². The molecule has 0 bridgehead atoms. The van der Waals surface area contributed by atoms with Crippen molar-refractivity contribution in [3.63, 3.8) is 0 Å². The van der Waals surface area contributed by atoms with Gasteiger partial charge >= 0.3 is 0 Å². The smallest absolute Gasteiger partial charge is 0.274 e. The number of halogens is 1. The predicted molar refractivity (Wildman–Crippen MR) is 125 cm³/mol. The maximum Gasteiger partial charge on any atom is 0.274 e. The number of aromatic nitrogens is 2. The van der Waals surface area contributed by atoms with Crippen LogP contribution in [0.3, 0.4) is 0 Å². The molecule has 0 radical (unpaired) electrons. The van der Waals surface area contributed by atoms with Crippen LogP contribution in [0.25, 0.3) is 0 Å². The monoisotopic (exact) mass is 456 g/mol. The number of hydrogen-bond acceptors (Lipinski definition) is 4. The quantitative estimate of drug-likeness (QED) is 0.690. The lowest BCUT2D eigenvalue weighted by atomic mass is 9.89. The summed E-state index contributed by atoms with van der Waals surface area (Å²) in [6.07, 6.45) is 7.55. The van der Waals surface area contributed by atoms with Gasteiger partial charge in [0.15, 0.2) is 5.69 Å². The SMILES string of the molecule is CCn1nc(C(=O)N2CCCCCC2)c2c1CCC(N1CCOc3ccc(Cl)cc3C1)C2. The Morgan fingerprint density at radius 3 is 2.78 bits per heavy atom. The molecule has 0 N–H and O–H groups in total. The second-order valence-electron chi connectivity index (χ2n) is 9.26. The van der Waals surface area contributed by atoms with Gasteiger partial charge < -0.3 is 9.64 Å². The molecule has 1 fully saturated rings. The molecule has 1 aromatic carbocycles. The number of carbonyl (C=O) groups is 1. The fourth-order valence-corrected chi connectivity index (χ4v) is 5.73. The third-order valence-corrected chi connectivity index (χ3v) is 7.50. The Kier molecular flexibility index (Phi) is 6.42. The Balaban J connectivity index is 1.40. The van der Waals surface area contributed by atoms with Crippen LogP contribution in [-0.2, 0) is 25.9 Å². The van der Waals surface area contributed by atoms with Gasteiger partial charge in [-0.2, -0.15) is 5.10 Å². The van der Waals surface area contributed by atoms with Crippen LogP contribution in [0.2, 0.25) is 5.02 Å². The zero-order valence-electron chi connectivity index (χ0n) is 19.0. The van der Waals surface area contributed by atoms with Gasteiger partial charge in [0, 0.05) is 60.6 Å². The molecule has 2 aromatic rings. The number of hydrogen-bond donors (Lipinski definition) is 0. The van der Waals surface area contributed by atoms with Crippen molar-refractivity contribution in [2.24, 2.45) is 0 Å². The van der Waals surface area contributed by atoms with E-state index in [1.165, 1.54) is 24.1 Å². The molecule has 1 atom stereocenters. The number of nitrogens with zero attached hydrogens (tertiary/aromatic N) is 4. The molecule has 0 saturated carbocycles. The summed E-state index contributed by atoms with van der Waals surface area (Å²) >= 11 is 6.26. The zero-order valence-corrected chi connectivity index (χ0v) is 19.7. The van der Waals surface area contributed by atoms with Crippen molar-refractivity contribution in [2.75, 3.05) is 26.2 Å². The molecule has 6 nitrogen and oxygen atoms in total. The van der Waals surface area contributed by atoms with Gasteiger partial charge in [0.1, 0.15) is 12.4 Å². The van der Waals surface area contributed by atoms with Gasteiger partial charge in [-0.25, -0.2) is 0 Å². The van der Waals surface area contributed by atoms with Crippen LogP contribution < -0.4 is 4.74 Å². The summed E-state index contributed by atoms with van der Waals surface area (Å²) in [5, 5.41) is 5.57. The highest BCUT2D eigenvalue weighted by Gasteiger charge is 2.34. The Bertz CT molecular complexity index is 981. The van der Waals surface area contributed by atoms with E-state index in [0.717, 1.165) is 81.2 Å². The molecule has 1 aromatic heterocycles. The van der Waals surface area contributed by atoms with Gasteiger partial charge in [-0.3, -0.25) is 14.4 Å². The number of amides is 1. The molecule has 32 heavy (non-hydrogen) atoms.